The predicted molar refractivity (Wildman–Crippen MR) is 57.2 cm³/mol. The van der Waals surface area contributed by atoms with Gasteiger partial charge in [0.1, 0.15) is 0 Å². The van der Waals surface area contributed by atoms with E-state index in [0.717, 1.165) is 12.2 Å². The van der Waals surface area contributed by atoms with Gasteiger partial charge in [-0.1, -0.05) is 5.21 Å². The fraction of sp³-hybridized carbons (Fsp3) is 0.300. The fourth-order valence-electron chi connectivity index (χ4n) is 1.37. The molecule has 2 aromatic heterocycles. The van der Waals surface area contributed by atoms with Crippen molar-refractivity contribution in [1.29, 1.82) is 0 Å². The summed E-state index contributed by atoms with van der Waals surface area (Å²) in [7, 11) is 0. The zero-order valence-corrected chi connectivity index (χ0v) is 8.89. The van der Waals surface area contributed by atoms with Crippen molar-refractivity contribution >= 4 is 5.82 Å². The van der Waals surface area contributed by atoms with Crippen LogP contribution in [0.15, 0.2) is 24.5 Å². The highest BCUT2D eigenvalue weighted by Gasteiger charge is 2.04. The molecule has 0 radical (unpaired) electrons. The third-order valence-electron chi connectivity index (χ3n) is 2.19. The molecule has 1 N–H and O–H groups in total. The summed E-state index contributed by atoms with van der Waals surface area (Å²) in [6.45, 7) is 3.16. The summed E-state index contributed by atoms with van der Waals surface area (Å²) in [5.41, 5.74) is 0.896. The van der Waals surface area contributed by atoms with E-state index in [2.05, 4.69) is 20.6 Å². The number of aromatic nitrogens is 4. The van der Waals surface area contributed by atoms with Gasteiger partial charge in [-0.25, -0.2) is 14.1 Å². The van der Waals surface area contributed by atoms with Crippen molar-refractivity contribution < 1.29 is 4.39 Å². The van der Waals surface area contributed by atoms with Crippen molar-refractivity contribution in [2.75, 3.05) is 5.32 Å². The number of aryl methyl sites for hydroxylation is 1. The lowest BCUT2D eigenvalue weighted by Gasteiger charge is -2.06. The van der Waals surface area contributed by atoms with E-state index < -0.39 is 0 Å². The summed E-state index contributed by atoms with van der Waals surface area (Å²) >= 11 is 0. The highest BCUT2D eigenvalue weighted by molar-refractivity contribution is 5.35. The number of rotatable bonds is 4. The lowest BCUT2D eigenvalue weighted by atomic mass is 10.4. The monoisotopic (exact) mass is 221 g/mol. The second-order valence-electron chi connectivity index (χ2n) is 3.23. The van der Waals surface area contributed by atoms with Gasteiger partial charge in [-0.2, -0.15) is 0 Å². The van der Waals surface area contributed by atoms with Crippen molar-refractivity contribution in [3.05, 3.63) is 36.0 Å². The van der Waals surface area contributed by atoms with E-state index in [9.17, 15) is 4.39 Å². The summed E-state index contributed by atoms with van der Waals surface area (Å²) in [4.78, 5) is 3.90. The van der Waals surface area contributed by atoms with Crippen molar-refractivity contribution in [2.45, 2.75) is 20.0 Å². The van der Waals surface area contributed by atoms with Gasteiger partial charge in [-0.05, 0) is 19.1 Å². The molecule has 2 heterocycles. The molecule has 0 bridgehead atoms. The van der Waals surface area contributed by atoms with Gasteiger partial charge in [0.2, 0.25) is 0 Å². The van der Waals surface area contributed by atoms with Crippen LogP contribution in [-0.4, -0.2) is 20.0 Å². The lowest BCUT2D eigenvalue weighted by Crippen LogP contribution is -2.09. The summed E-state index contributed by atoms with van der Waals surface area (Å²) in [6, 6.07) is 2.92. The van der Waals surface area contributed by atoms with Crippen molar-refractivity contribution in [3.63, 3.8) is 0 Å². The number of hydrogen-bond donors (Lipinski definition) is 1. The first-order chi connectivity index (χ1) is 7.81. The Morgan fingerprint density at radius 1 is 1.50 bits per heavy atom. The minimum atomic E-state index is -0.363. The van der Waals surface area contributed by atoms with Crippen LogP contribution in [0, 0.1) is 5.82 Å². The standard InChI is InChI=1S/C10H12FN5/c1-2-16-8(7-14-15-16)6-13-10-9(11)4-3-5-12-10/h3-5,7H,2,6H2,1H3,(H,12,13). The molecule has 0 saturated carbocycles. The minimum Gasteiger partial charge on any atom is -0.362 e. The van der Waals surface area contributed by atoms with Crippen LogP contribution in [0.1, 0.15) is 12.6 Å². The van der Waals surface area contributed by atoms with Crippen molar-refractivity contribution in [2.24, 2.45) is 0 Å². The van der Waals surface area contributed by atoms with E-state index in [1.54, 1.807) is 23.1 Å². The van der Waals surface area contributed by atoms with Crippen LogP contribution >= 0.6 is 0 Å². The molecule has 6 heteroatoms. The average molecular weight is 221 g/mol. The molecule has 0 saturated heterocycles. The summed E-state index contributed by atoms with van der Waals surface area (Å²) in [5, 5.41) is 10.6. The molecule has 5 nitrogen and oxygen atoms in total. The second kappa shape index (κ2) is 4.69. The van der Waals surface area contributed by atoms with Gasteiger partial charge in [0.05, 0.1) is 18.4 Å². The Morgan fingerprint density at radius 2 is 2.38 bits per heavy atom. The molecule has 2 rings (SSSR count). The summed E-state index contributed by atoms with van der Waals surface area (Å²) < 4.78 is 15.0. The van der Waals surface area contributed by atoms with Gasteiger partial charge >= 0.3 is 0 Å². The molecule has 0 atom stereocenters. The number of anilines is 1. The Labute approximate surface area is 92.3 Å². The molecule has 2 aromatic rings. The number of hydrogen-bond acceptors (Lipinski definition) is 4. The van der Waals surface area contributed by atoms with Gasteiger partial charge in [-0.15, -0.1) is 5.10 Å². The first-order valence-electron chi connectivity index (χ1n) is 5.03. The van der Waals surface area contributed by atoms with E-state index in [0.29, 0.717) is 6.54 Å². The maximum atomic E-state index is 13.2. The highest BCUT2D eigenvalue weighted by atomic mass is 19.1. The van der Waals surface area contributed by atoms with Crippen molar-refractivity contribution in [3.8, 4) is 0 Å². The van der Waals surface area contributed by atoms with Crippen LogP contribution in [0.5, 0.6) is 0 Å². The molecule has 0 aromatic carbocycles. The number of nitrogens with one attached hydrogen (secondary N) is 1. The van der Waals surface area contributed by atoms with Gasteiger partial charge in [-0.3, -0.25) is 0 Å². The SMILES string of the molecule is CCn1nncc1CNc1ncccc1F. The number of nitrogens with zero attached hydrogens (tertiary/aromatic N) is 4. The summed E-state index contributed by atoms with van der Waals surface area (Å²) in [5.74, 6) is -0.121. The van der Waals surface area contributed by atoms with Gasteiger partial charge in [0.25, 0.3) is 0 Å². The number of halogens is 1. The fourth-order valence-corrected chi connectivity index (χ4v) is 1.37. The first kappa shape index (κ1) is 10.5. The lowest BCUT2D eigenvalue weighted by molar-refractivity contribution is 0.598. The molecule has 0 unspecified atom stereocenters. The van der Waals surface area contributed by atoms with Crippen LogP contribution < -0.4 is 5.32 Å². The maximum absolute atomic E-state index is 13.2. The molecule has 0 aliphatic rings. The maximum Gasteiger partial charge on any atom is 0.165 e. The van der Waals surface area contributed by atoms with E-state index in [-0.39, 0.29) is 11.6 Å². The average Bonchev–Trinajstić information content (AvgIpc) is 2.75. The largest absolute Gasteiger partial charge is 0.362 e. The molecule has 0 aliphatic carbocycles. The zero-order valence-electron chi connectivity index (χ0n) is 8.89. The second-order valence-corrected chi connectivity index (χ2v) is 3.23. The van der Waals surface area contributed by atoms with E-state index >= 15 is 0 Å². The van der Waals surface area contributed by atoms with Gasteiger partial charge in [0.15, 0.2) is 11.6 Å². The molecular formula is C10H12FN5. The molecule has 0 spiro atoms. The molecule has 0 amide bonds. The van der Waals surface area contributed by atoms with E-state index in [4.69, 9.17) is 0 Å². The minimum absolute atomic E-state index is 0.242. The normalized spacial score (nSPS) is 10.4. The predicted octanol–water partition coefficient (Wildman–Crippen LogP) is 1.44. The topological polar surface area (TPSA) is 55.6 Å². The van der Waals surface area contributed by atoms with E-state index in [1.165, 1.54) is 6.07 Å². The Balaban J connectivity index is 2.05. The molecule has 0 fully saturated rings. The van der Waals surface area contributed by atoms with Crippen LogP contribution in [0.3, 0.4) is 0 Å². The zero-order chi connectivity index (χ0) is 11.4. The first-order valence-corrected chi connectivity index (χ1v) is 5.03. The van der Waals surface area contributed by atoms with Crippen LogP contribution in [0.25, 0.3) is 0 Å². The van der Waals surface area contributed by atoms with Gasteiger partial charge < -0.3 is 5.32 Å². The van der Waals surface area contributed by atoms with Crippen LogP contribution in [-0.2, 0) is 13.1 Å². The Hall–Kier alpha value is -1.98. The summed E-state index contributed by atoms with van der Waals surface area (Å²) in [6.07, 6.45) is 3.19. The molecule has 84 valence electrons. The smallest absolute Gasteiger partial charge is 0.165 e. The number of pyridine rings is 1. The molecular weight excluding hydrogens is 209 g/mol. The Kier molecular flexibility index (Phi) is 3.09. The molecule has 0 aliphatic heterocycles. The molecule has 16 heavy (non-hydrogen) atoms. The van der Waals surface area contributed by atoms with Crippen LogP contribution in [0.4, 0.5) is 10.2 Å². The van der Waals surface area contributed by atoms with Gasteiger partial charge in [0, 0.05) is 12.7 Å². The Bertz CT molecular complexity index is 468. The Morgan fingerprint density at radius 3 is 3.12 bits per heavy atom. The third-order valence-corrected chi connectivity index (χ3v) is 2.19. The van der Waals surface area contributed by atoms with Crippen LogP contribution in [0.2, 0.25) is 0 Å². The van der Waals surface area contributed by atoms with E-state index in [1.807, 2.05) is 6.92 Å². The quantitative estimate of drug-likeness (QED) is 0.848. The third kappa shape index (κ3) is 2.16. The highest BCUT2D eigenvalue weighted by Crippen LogP contribution is 2.09. The van der Waals surface area contributed by atoms with Crippen molar-refractivity contribution in [1.82, 2.24) is 20.0 Å².